The van der Waals surface area contributed by atoms with Gasteiger partial charge in [-0.1, -0.05) is 12.1 Å². The standard InChI is InChI=1S/C22H20N4O4S2/c1-14-6-7-19(12-15(14)2)26-32(29,30)20-10-8-17(9-11-20)23-22(31)24-21(27)16-4-3-5-18(13-16)25-28/h3-13,26H,1-2H3,(H2,23,24,27,31). The lowest BCUT2D eigenvalue weighted by atomic mass is 10.1. The van der Waals surface area contributed by atoms with E-state index in [9.17, 15) is 18.1 Å². The van der Waals surface area contributed by atoms with Gasteiger partial charge in [0, 0.05) is 16.9 Å². The highest BCUT2D eigenvalue weighted by molar-refractivity contribution is 7.92. The topological polar surface area (TPSA) is 117 Å². The molecule has 3 N–H and O–H groups in total. The third kappa shape index (κ3) is 5.74. The first kappa shape index (κ1) is 23.0. The molecule has 164 valence electrons. The van der Waals surface area contributed by atoms with Crippen LogP contribution in [0.2, 0.25) is 0 Å². The molecule has 0 fully saturated rings. The number of carbonyl (C=O) groups is 1. The first-order valence-electron chi connectivity index (χ1n) is 9.44. The van der Waals surface area contributed by atoms with Crippen LogP contribution >= 0.6 is 12.2 Å². The van der Waals surface area contributed by atoms with Gasteiger partial charge in [-0.25, -0.2) is 8.42 Å². The number of nitrogens with one attached hydrogen (secondary N) is 3. The van der Waals surface area contributed by atoms with Gasteiger partial charge >= 0.3 is 0 Å². The molecule has 0 saturated carbocycles. The lowest BCUT2D eigenvalue weighted by Gasteiger charge is -2.12. The molecule has 3 aromatic rings. The van der Waals surface area contributed by atoms with Gasteiger partial charge in [0.2, 0.25) is 0 Å². The molecule has 1 amide bonds. The second-order valence-corrected chi connectivity index (χ2v) is 9.07. The average molecular weight is 469 g/mol. The smallest absolute Gasteiger partial charge is 0.261 e. The molecule has 0 heterocycles. The third-order valence-electron chi connectivity index (χ3n) is 4.62. The van der Waals surface area contributed by atoms with E-state index in [1.165, 1.54) is 48.5 Å². The van der Waals surface area contributed by atoms with Crippen molar-refractivity contribution in [3.05, 3.63) is 88.3 Å². The third-order valence-corrected chi connectivity index (χ3v) is 6.22. The van der Waals surface area contributed by atoms with Gasteiger partial charge in [-0.2, -0.15) is 0 Å². The summed E-state index contributed by atoms with van der Waals surface area (Å²) in [6.07, 6.45) is 0. The van der Waals surface area contributed by atoms with Gasteiger partial charge in [-0.15, -0.1) is 4.91 Å². The van der Waals surface area contributed by atoms with Crippen molar-refractivity contribution in [2.75, 3.05) is 10.0 Å². The number of thiocarbonyl (C=S) groups is 1. The van der Waals surface area contributed by atoms with Crippen molar-refractivity contribution in [2.24, 2.45) is 5.18 Å². The van der Waals surface area contributed by atoms with Crippen molar-refractivity contribution in [3.8, 4) is 0 Å². The van der Waals surface area contributed by atoms with Crippen molar-refractivity contribution in [3.63, 3.8) is 0 Å². The van der Waals surface area contributed by atoms with Crippen LogP contribution in [0.5, 0.6) is 0 Å². The van der Waals surface area contributed by atoms with Crippen molar-refractivity contribution >= 4 is 50.3 Å². The van der Waals surface area contributed by atoms with Crippen LogP contribution in [-0.2, 0) is 10.0 Å². The molecule has 3 rings (SSSR count). The summed E-state index contributed by atoms with van der Waals surface area (Å²) < 4.78 is 27.8. The molecule has 0 aliphatic carbocycles. The number of nitrogens with zero attached hydrogens (tertiary/aromatic N) is 1. The first-order chi connectivity index (χ1) is 15.2. The monoisotopic (exact) mass is 468 g/mol. The Morgan fingerprint density at radius 3 is 2.25 bits per heavy atom. The van der Waals surface area contributed by atoms with E-state index in [0.717, 1.165) is 11.1 Å². The minimum absolute atomic E-state index is 0.0170. The number of hydrogen-bond acceptors (Lipinski definition) is 6. The van der Waals surface area contributed by atoms with Crippen LogP contribution in [0.4, 0.5) is 17.1 Å². The Morgan fingerprint density at radius 1 is 0.906 bits per heavy atom. The Labute approximate surface area is 191 Å². The average Bonchev–Trinajstić information content (AvgIpc) is 2.76. The van der Waals surface area contributed by atoms with Crippen LogP contribution in [0.1, 0.15) is 21.5 Å². The fourth-order valence-corrected chi connectivity index (χ4v) is 4.04. The van der Waals surface area contributed by atoms with E-state index >= 15 is 0 Å². The summed E-state index contributed by atoms with van der Waals surface area (Å²) in [5, 5.41) is 8.11. The van der Waals surface area contributed by atoms with Crippen LogP contribution in [0, 0.1) is 18.8 Å². The molecule has 0 saturated heterocycles. The number of rotatable bonds is 6. The van der Waals surface area contributed by atoms with E-state index in [4.69, 9.17) is 12.2 Å². The highest BCUT2D eigenvalue weighted by Crippen LogP contribution is 2.20. The quantitative estimate of drug-likeness (QED) is 0.359. The zero-order valence-corrected chi connectivity index (χ0v) is 18.9. The molecule has 8 nitrogen and oxygen atoms in total. The highest BCUT2D eigenvalue weighted by Gasteiger charge is 2.15. The van der Waals surface area contributed by atoms with E-state index in [1.54, 1.807) is 12.1 Å². The van der Waals surface area contributed by atoms with Crippen LogP contribution in [-0.4, -0.2) is 19.4 Å². The largest absolute Gasteiger partial charge is 0.332 e. The van der Waals surface area contributed by atoms with Crippen molar-refractivity contribution < 1.29 is 13.2 Å². The predicted molar refractivity (Wildman–Crippen MR) is 129 cm³/mol. The van der Waals surface area contributed by atoms with Gasteiger partial charge in [0.1, 0.15) is 5.69 Å². The summed E-state index contributed by atoms with van der Waals surface area (Å²) in [6.45, 7) is 3.86. The van der Waals surface area contributed by atoms with E-state index in [-0.39, 0.29) is 21.3 Å². The zero-order valence-electron chi connectivity index (χ0n) is 17.2. The van der Waals surface area contributed by atoms with E-state index in [0.29, 0.717) is 11.4 Å². The van der Waals surface area contributed by atoms with Crippen LogP contribution in [0.15, 0.2) is 76.8 Å². The molecule has 0 radical (unpaired) electrons. The minimum atomic E-state index is -3.76. The molecule has 0 spiro atoms. The number of carbonyl (C=O) groups excluding carboxylic acids is 1. The van der Waals surface area contributed by atoms with Gasteiger partial charge in [-0.05, 0) is 97.0 Å². The molecule has 32 heavy (non-hydrogen) atoms. The normalized spacial score (nSPS) is 10.8. The molecule has 0 aliphatic heterocycles. The fourth-order valence-electron chi connectivity index (χ4n) is 2.78. The summed E-state index contributed by atoms with van der Waals surface area (Å²) in [5.74, 6) is -0.509. The number of aryl methyl sites for hydroxylation is 2. The van der Waals surface area contributed by atoms with Crippen molar-refractivity contribution in [1.82, 2.24) is 5.32 Å². The Hall–Kier alpha value is -3.63. The Bertz CT molecular complexity index is 1290. The molecule has 0 atom stereocenters. The zero-order chi connectivity index (χ0) is 23.3. The summed E-state index contributed by atoms with van der Waals surface area (Å²) in [5.41, 5.74) is 3.37. The molecule has 0 bridgehead atoms. The number of sulfonamides is 1. The lowest BCUT2D eigenvalue weighted by molar-refractivity contribution is 0.0977. The van der Waals surface area contributed by atoms with Crippen LogP contribution in [0.3, 0.4) is 0 Å². The second kappa shape index (κ2) is 9.67. The first-order valence-corrected chi connectivity index (χ1v) is 11.3. The Balaban J connectivity index is 1.64. The van der Waals surface area contributed by atoms with Crippen LogP contribution < -0.4 is 15.4 Å². The molecule has 10 heteroatoms. The van der Waals surface area contributed by atoms with E-state index < -0.39 is 15.9 Å². The van der Waals surface area contributed by atoms with Gasteiger partial charge < -0.3 is 5.32 Å². The maximum Gasteiger partial charge on any atom is 0.261 e. The SMILES string of the molecule is Cc1ccc(NS(=O)(=O)c2ccc(NC(=S)NC(=O)c3cccc(N=O)c3)cc2)cc1C. The lowest BCUT2D eigenvalue weighted by Crippen LogP contribution is -2.34. The summed E-state index contributed by atoms with van der Waals surface area (Å²) >= 11 is 5.13. The molecular formula is C22H20N4O4S2. The van der Waals surface area contributed by atoms with Gasteiger partial charge in [-0.3, -0.25) is 14.8 Å². The summed E-state index contributed by atoms with van der Waals surface area (Å²) in [7, 11) is -3.76. The maximum atomic E-state index is 12.6. The molecule has 0 aromatic heterocycles. The van der Waals surface area contributed by atoms with E-state index in [2.05, 4.69) is 20.5 Å². The summed E-state index contributed by atoms with van der Waals surface area (Å²) in [4.78, 5) is 22.9. The Morgan fingerprint density at radius 2 is 1.59 bits per heavy atom. The predicted octanol–water partition coefficient (Wildman–Crippen LogP) is 4.63. The van der Waals surface area contributed by atoms with Gasteiger partial charge in [0.05, 0.1) is 4.90 Å². The molecule has 3 aromatic carbocycles. The van der Waals surface area contributed by atoms with Crippen LogP contribution in [0.25, 0.3) is 0 Å². The summed E-state index contributed by atoms with van der Waals surface area (Å²) in [6, 6.07) is 17.1. The van der Waals surface area contributed by atoms with E-state index in [1.807, 2.05) is 19.9 Å². The van der Waals surface area contributed by atoms with Gasteiger partial charge in [0.25, 0.3) is 15.9 Å². The second-order valence-electron chi connectivity index (χ2n) is 6.98. The molecule has 0 aliphatic rings. The minimum Gasteiger partial charge on any atom is -0.332 e. The molecule has 0 unspecified atom stereocenters. The van der Waals surface area contributed by atoms with Gasteiger partial charge in [0.15, 0.2) is 5.11 Å². The number of anilines is 2. The maximum absolute atomic E-state index is 12.6. The highest BCUT2D eigenvalue weighted by atomic mass is 32.2. The Kier molecular flexibility index (Phi) is 6.96. The number of hydrogen-bond donors (Lipinski definition) is 3. The fraction of sp³-hybridized carbons (Fsp3) is 0.0909. The number of benzene rings is 3. The van der Waals surface area contributed by atoms with Crippen molar-refractivity contribution in [2.45, 2.75) is 18.7 Å². The van der Waals surface area contributed by atoms with Crippen molar-refractivity contribution in [1.29, 1.82) is 0 Å². The number of nitroso groups, excluding NO2 is 1. The number of amides is 1. The molecular weight excluding hydrogens is 448 g/mol.